The molecule has 0 radical (unpaired) electrons. The van der Waals surface area contributed by atoms with E-state index in [9.17, 15) is 0 Å². The second-order valence-corrected chi connectivity index (χ2v) is 7.28. The number of hydrogen-bond donors (Lipinski definition) is 0. The van der Waals surface area contributed by atoms with Crippen molar-refractivity contribution in [1.82, 2.24) is 4.90 Å². The zero-order valence-corrected chi connectivity index (χ0v) is 13.9. The van der Waals surface area contributed by atoms with E-state index < -0.39 is 0 Å². The van der Waals surface area contributed by atoms with Crippen LogP contribution < -0.4 is 4.90 Å². The van der Waals surface area contributed by atoms with E-state index in [-0.39, 0.29) is 0 Å². The summed E-state index contributed by atoms with van der Waals surface area (Å²) in [5.41, 5.74) is 2.75. The Bertz CT molecular complexity index is 624. The molecule has 2 nitrogen and oxygen atoms in total. The van der Waals surface area contributed by atoms with E-state index in [1.807, 2.05) is 11.8 Å². The molecule has 0 N–H and O–H groups in total. The highest BCUT2D eigenvalue weighted by atomic mass is 32.2. The standard InChI is InChI=1S/C19H22N2S/c1-2-20-12-11-15(13-20)14-21-16-7-3-5-9-18(16)22-19-10-6-4-8-17(19)21/h3-10,15H,2,11-14H2,1H3/t15-/m1/s1. The van der Waals surface area contributed by atoms with Crippen LogP contribution in [0.2, 0.25) is 0 Å². The van der Waals surface area contributed by atoms with Gasteiger partial charge in [-0.05, 0) is 49.7 Å². The third kappa shape index (κ3) is 2.53. The third-order valence-electron chi connectivity index (χ3n) is 4.79. The maximum Gasteiger partial charge on any atom is 0.0552 e. The van der Waals surface area contributed by atoms with Crippen LogP contribution in [-0.2, 0) is 0 Å². The topological polar surface area (TPSA) is 6.48 Å². The van der Waals surface area contributed by atoms with Gasteiger partial charge in [0.2, 0.25) is 0 Å². The molecule has 2 aromatic carbocycles. The summed E-state index contributed by atoms with van der Waals surface area (Å²) in [6, 6.07) is 17.6. The first-order valence-corrected chi connectivity index (χ1v) is 9.02. The molecule has 0 aliphatic carbocycles. The lowest BCUT2D eigenvalue weighted by Crippen LogP contribution is -2.29. The van der Waals surface area contributed by atoms with Gasteiger partial charge in [0.1, 0.15) is 0 Å². The molecule has 0 aromatic heterocycles. The quantitative estimate of drug-likeness (QED) is 0.816. The Balaban J connectivity index is 1.66. The predicted octanol–water partition coefficient (Wildman–Crippen LogP) is 4.63. The van der Waals surface area contributed by atoms with Gasteiger partial charge in [-0.2, -0.15) is 0 Å². The molecule has 2 aliphatic heterocycles. The number of fused-ring (bicyclic) bond motifs is 2. The molecule has 3 heteroatoms. The van der Waals surface area contributed by atoms with Gasteiger partial charge in [0.15, 0.2) is 0 Å². The van der Waals surface area contributed by atoms with Crippen LogP contribution in [0.25, 0.3) is 0 Å². The van der Waals surface area contributed by atoms with Gasteiger partial charge in [-0.25, -0.2) is 0 Å². The van der Waals surface area contributed by atoms with Gasteiger partial charge in [-0.3, -0.25) is 0 Å². The molecule has 0 unspecified atom stereocenters. The van der Waals surface area contributed by atoms with Crippen LogP contribution in [0.15, 0.2) is 58.3 Å². The molecule has 0 bridgehead atoms. The second-order valence-electron chi connectivity index (χ2n) is 6.20. The zero-order valence-electron chi connectivity index (χ0n) is 13.0. The fraction of sp³-hybridized carbons (Fsp3) is 0.368. The first-order valence-electron chi connectivity index (χ1n) is 8.21. The normalized spacial score (nSPS) is 20.8. The van der Waals surface area contributed by atoms with E-state index in [1.165, 1.54) is 47.2 Å². The fourth-order valence-electron chi connectivity index (χ4n) is 3.59. The molecule has 1 atom stereocenters. The van der Waals surface area contributed by atoms with E-state index in [0.717, 1.165) is 12.5 Å². The minimum Gasteiger partial charge on any atom is -0.339 e. The summed E-state index contributed by atoms with van der Waals surface area (Å²) in [5, 5.41) is 0. The predicted molar refractivity (Wildman–Crippen MR) is 94.2 cm³/mol. The number of anilines is 2. The molecule has 1 fully saturated rings. The average Bonchev–Trinajstić information content (AvgIpc) is 3.02. The number of likely N-dealkylation sites (tertiary alicyclic amines) is 1. The van der Waals surface area contributed by atoms with E-state index >= 15 is 0 Å². The number of hydrogen-bond acceptors (Lipinski definition) is 3. The Morgan fingerprint density at radius 3 is 2.23 bits per heavy atom. The lowest BCUT2D eigenvalue weighted by molar-refractivity contribution is 0.343. The lowest BCUT2D eigenvalue weighted by atomic mass is 10.1. The van der Waals surface area contributed by atoms with Gasteiger partial charge in [0, 0.05) is 22.9 Å². The molecular weight excluding hydrogens is 288 g/mol. The third-order valence-corrected chi connectivity index (χ3v) is 5.92. The van der Waals surface area contributed by atoms with Crippen molar-refractivity contribution in [1.29, 1.82) is 0 Å². The minimum atomic E-state index is 0.768. The number of benzene rings is 2. The number of nitrogens with zero attached hydrogens (tertiary/aromatic N) is 2. The van der Waals surface area contributed by atoms with Crippen molar-refractivity contribution in [2.45, 2.75) is 23.1 Å². The minimum absolute atomic E-state index is 0.768. The summed E-state index contributed by atoms with van der Waals surface area (Å²) in [7, 11) is 0. The van der Waals surface area contributed by atoms with Crippen molar-refractivity contribution in [2.75, 3.05) is 31.1 Å². The molecule has 4 rings (SSSR count). The van der Waals surface area contributed by atoms with Gasteiger partial charge in [-0.1, -0.05) is 43.0 Å². The second kappa shape index (κ2) is 5.98. The summed E-state index contributed by atoms with van der Waals surface area (Å²) in [6.07, 6.45) is 1.32. The van der Waals surface area contributed by atoms with Gasteiger partial charge >= 0.3 is 0 Å². The van der Waals surface area contributed by atoms with Gasteiger partial charge < -0.3 is 9.80 Å². The first kappa shape index (κ1) is 14.2. The van der Waals surface area contributed by atoms with Crippen LogP contribution in [-0.4, -0.2) is 31.1 Å². The Hall–Kier alpha value is -1.45. The molecule has 114 valence electrons. The Kier molecular flexibility index (Phi) is 3.85. The zero-order chi connectivity index (χ0) is 14.9. The Labute approximate surface area is 137 Å². The monoisotopic (exact) mass is 310 g/mol. The van der Waals surface area contributed by atoms with Crippen molar-refractivity contribution in [3.05, 3.63) is 48.5 Å². The van der Waals surface area contributed by atoms with Gasteiger partial charge in [0.05, 0.1) is 11.4 Å². The van der Waals surface area contributed by atoms with Crippen molar-refractivity contribution >= 4 is 23.1 Å². The van der Waals surface area contributed by atoms with Crippen molar-refractivity contribution in [2.24, 2.45) is 5.92 Å². The summed E-state index contributed by atoms with van der Waals surface area (Å²) in [4.78, 5) is 7.88. The smallest absolute Gasteiger partial charge is 0.0552 e. The van der Waals surface area contributed by atoms with E-state index in [1.54, 1.807) is 0 Å². The van der Waals surface area contributed by atoms with Crippen LogP contribution in [0.5, 0.6) is 0 Å². The first-order chi connectivity index (χ1) is 10.8. The molecule has 0 spiro atoms. The summed E-state index contributed by atoms with van der Waals surface area (Å²) in [6.45, 7) is 7.08. The summed E-state index contributed by atoms with van der Waals surface area (Å²) >= 11 is 1.90. The maximum atomic E-state index is 2.57. The van der Waals surface area contributed by atoms with Crippen molar-refractivity contribution in [3.63, 3.8) is 0 Å². The van der Waals surface area contributed by atoms with Crippen molar-refractivity contribution in [3.8, 4) is 0 Å². The van der Waals surface area contributed by atoms with Gasteiger partial charge in [-0.15, -0.1) is 0 Å². The summed E-state index contributed by atoms with van der Waals surface area (Å²) in [5.74, 6) is 0.768. The highest BCUT2D eigenvalue weighted by Crippen LogP contribution is 2.48. The SMILES string of the molecule is CCN1CC[C@@H](CN2c3ccccc3Sc3ccccc32)C1. The summed E-state index contributed by atoms with van der Waals surface area (Å²) < 4.78 is 0. The highest BCUT2D eigenvalue weighted by Gasteiger charge is 2.28. The van der Waals surface area contributed by atoms with Crippen LogP contribution >= 0.6 is 11.8 Å². The molecule has 2 aromatic rings. The Morgan fingerprint density at radius 1 is 1.00 bits per heavy atom. The molecule has 0 saturated carbocycles. The van der Waals surface area contributed by atoms with E-state index in [4.69, 9.17) is 0 Å². The molecule has 22 heavy (non-hydrogen) atoms. The lowest BCUT2D eigenvalue weighted by Gasteiger charge is -2.34. The molecule has 0 amide bonds. The van der Waals surface area contributed by atoms with Crippen LogP contribution in [0, 0.1) is 5.92 Å². The number of para-hydroxylation sites is 2. The van der Waals surface area contributed by atoms with Crippen molar-refractivity contribution < 1.29 is 0 Å². The fourth-order valence-corrected chi connectivity index (χ4v) is 4.68. The number of rotatable bonds is 3. The largest absolute Gasteiger partial charge is 0.339 e. The molecule has 2 heterocycles. The van der Waals surface area contributed by atoms with Crippen LogP contribution in [0.4, 0.5) is 11.4 Å². The van der Waals surface area contributed by atoms with E-state index in [0.29, 0.717) is 0 Å². The Morgan fingerprint density at radius 2 is 1.64 bits per heavy atom. The molecular formula is C19H22N2S. The average molecular weight is 310 g/mol. The van der Waals surface area contributed by atoms with E-state index in [2.05, 4.69) is 65.3 Å². The van der Waals surface area contributed by atoms with Crippen LogP contribution in [0.1, 0.15) is 13.3 Å². The maximum absolute atomic E-state index is 2.57. The van der Waals surface area contributed by atoms with Crippen LogP contribution in [0.3, 0.4) is 0 Å². The highest BCUT2D eigenvalue weighted by molar-refractivity contribution is 7.99. The molecule has 2 aliphatic rings. The van der Waals surface area contributed by atoms with Gasteiger partial charge in [0.25, 0.3) is 0 Å². The molecule has 1 saturated heterocycles.